The molecule has 0 saturated heterocycles. The molecular weight excluding hydrogens is 102 g/mol. The fourth-order valence-electron chi connectivity index (χ4n) is 0.571. The highest BCUT2D eigenvalue weighted by molar-refractivity contribution is 4.93. The maximum atomic E-state index is 4.94. The molecular formula is C6H9NO. The summed E-state index contributed by atoms with van der Waals surface area (Å²) in [5.41, 5.74) is 1.03. The Labute approximate surface area is 48.5 Å². The Kier molecular flexibility index (Phi) is 1.33. The maximum absolute atomic E-state index is 4.94. The van der Waals surface area contributed by atoms with Gasteiger partial charge >= 0.3 is 0 Å². The Hall–Kier alpha value is -0.790. The summed E-state index contributed by atoms with van der Waals surface area (Å²) in [6.45, 7) is 3.90. The molecule has 0 fully saturated rings. The molecule has 0 aliphatic heterocycles. The molecule has 0 bridgehead atoms. The number of hydrogen-bond acceptors (Lipinski definition) is 2. The lowest BCUT2D eigenvalue weighted by Gasteiger charge is -1.76. The fraction of sp³-hybridized carbons (Fsp3) is 0.500. The van der Waals surface area contributed by atoms with E-state index in [1.807, 2.05) is 6.92 Å². The van der Waals surface area contributed by atoms with Crippen LogP contribution in [0.2, 0.25) is 0 Å². The third kappa shape index (κ3) is 0.886. The van der Waals surface area contributed by atoms with Crippen molar-refractivity contribution in [3.63, 3.8) is 0 Å². The first-order chi connectivity index (χ1) is 3.83. The predicted octanol–water partition coefficient (Wildman–Crippen LogP) is 1.55. The van der Waals surface area contributed by atoms with Gasteiger partial charge in [0.05, 0.1) is 5.69 Å². The smallest absolute Gasteiger partial charge is 0.191 e. The molecule has 1 aromatic rings. The van der Waals surface area contributed by atoms with Crippen molar-refractivity contribution < 1.29 is 4.42 Å². The zero-order valence-electron chi connectivity index (χ0n) is 5.14. The van der Waals surface area contributed by atoms with Crippen LogP contribution in [-0.4, -0.2) is 4.98 Å². The van der Waals surface area contributed by atoms with Gasteiger partial charge in [0, 0.05) is 6.92 Å². The van der Waals surface area contributed by atoms with Crippen LogP contribution in [0.5, 0.6) is 0 Å². The summed E-state index contributed by atoms with van der Waals surface area (Å²) in [5, 5.41) is 0. The molecule has 2 heteroatoms. The molecule has 44 valence electrons. The van der Waals surface area contributed by atoms with Crippen LogP contribution in [0, 0.1) is 6.92 Å². The SMILES string of the molecule is CCc1coc(C)n1. The van der Waals surface area contributed by atoms with E-state index < -0.39 is 0 Å². The van der Waals surface area contributed by atoms with Gasteiger partial charge in [-0.2, -0.15) is 0 Å². The van der Waals surface area contributed by atoms with Gasteiger partial charge in [-0.3, -0.25) is 0 Å². The van der Waals surface area contributed by atoms with Crippen molar-refractivity contribution >= 4 is 0 Å². The predicted molar refractivity (Wildman–Crippen MR) is 30.6 cm³/mol. The Morgan fingerprint density at radius 2 is 2.50 bits per heavy atom. The van der Waals surface area contributed by atoms with Gasteiger partial charge in [0.2, 0.25) is 0 Å². The van der Waals surface area contributed by atoms with Gasteiger partial charge in [-0.15, -0.1) is 0 Å². The summed E-state index contributed by atoms with van der Waals surface area (Å²) in [6, 6.07) is 0. The average Bonchev–Trinajstić information content (AvgIpc) is 2.14. The third-order valence-corrected chi connectivity index (χ3v) is 1.03. The number of nitrogens with zero attached hydrogens (tertiary/aromatic N) is 1. The van der Waals surface area contributed by atoms with Crippen LogP contribution in [0.4, 0.5) is 0 Å². The van der Waals surface area contributed by atoms with Crippen molar-refractivity contribution in [3.8, 4) is 0 Å². The summed E-state index contributed by atoms with van der Waals surface area (Å²) < 4.78 is 4.94. The van der Waals surface area contributed by atoms with Crippen molar-refractivity contribution in [1.29, 1.82) is 0 Å². The molecule has 0 saturated carbocycles. The first-order valence-corrected chi connectivity index (χ1v) is 2.74. The first-order valence-electron chi connectivity index (χ1n) is 2.74. The molecule has 1 aromatic heterocycles. The number of hydrogen-bond donors (Lipinski definition) is 0. The molecule has 0 N–H and O–H groups in total. The van der Waals surface area contributed by atoms with Crippen LogP contribution in [0.3, 0.4) is 0 Å². The lowest BCUT2D eigenvalue weighted by atomic mass is 10.4. The van der Waals surface area contributed by atoms with Gasteiger partial charge in [0.25, 0.3) is 0 Å². The van der Waals surface area contributed by atoms with Gasteiger partial charge in [-0.25, -0.2) is 4.98 Å². The molecule has 1 rings (SSSR count). The summed E-state index contributed by atoms with van der Waals surface area (Å²) >= 11 is 0. The minimum Gasteiger partial charge on any atom is -0.449 e. The maximum Gasteiger partial charge on any atom is 0.191 e. The van der Waals surface area contributed by atoms with E-state index in [-0.39, 0.29) is 0 Å². The average molecular weight is 111 g/mol. The monoisotopic (exact) mass is 111 g/mol. The molecule has 0 radical (unpaired) electrons. The van der Waals surface area contributed by atoms with E-state index in [2.05, 4.69) is 11.9 Å². The van der Waals surface area contributed by atoms with Crippen LogP contribution in [-0.2, 0) is 6.42 Å². The summed E-state index contributed by atoms with van der Waals surface area (Å²) in [5.74, 6) is 0.752. The molecule has 0 amide bonds. The second-order valence-electron chi connectivity index (χ2n) is 1.71. The molecule has 8 heavy (non-hydrogen) atoms. The zero-order valence-corrected chi connectivity index (χ0v) is 5.14. The van der Waals surface area contributed by atoms with Gasteiger partial charge in [0.1, 0.15) is 6.26 Å². The van der Waals surface area contributed by atoms with E-state index in [9.17, 15) is 0 Å². The number of rotatable bonds is 1. The van der Waals surface area contributed by atoms with Crippen molar-refractivity contribution in [2.45, 2.75) is 20.3 Å². The minimum absolute atomic E-state index is 0.752. The van der Waals surface area contributed by atoms with E-state index >= 15 is 0 Å². The molecule has 1 heterocycles. The Morgan fingerprint density at radius 1 is 1.75 bits per heavy atom. The molecule has 0 unspecified atom stereocenters. The quantitative estimate of drug-likeness (QED) is 0.549. The van der Waals surface area contributed by atoms with E-state index in [1.165, 1.54) is 0 Å². The number of aromatic nitrogens is 1. The van der Waals surface area contributed by atoms with Crippen LogP contribution in [0.1, 0.15) is 18.5 Å². The van der Waals surface area contributed by atoms with Crippen molar-refractivity contribution in [3.05, 3.63) is 17.8 Å². The third-order valence-electron chi connectivity index (χ3n) is 1.03. The van der Waals surface area contributed by atoms with Crippen LogP contribution < -0.4 is 0 Å². The van der Waals surface area contributed by atoms with Crippen molar-refractivity contribution in [1.82, 2.24) is 4.98 Å². The van der Waals surface area contributed by atoms with Crippen molar-refractivity contribution in [2.75, 3.05) is 0 Å². The van der Waals surface area contributed by atoms with Crippen molar-refractivity contribution in [2.24, 2.45) is 0 Å². The lowest BCUT2D eigenvalue weighted by molar-refractivity contribution is 0.520. The Morgan fingerprint density at radius 3 is 2.75 bits per heavy atom. The molecule has 2 nitrogen and oxygen atoms in total. The number of aryl methyl sites for hydroxylation is 2. The lowest BCUT2D eigenvalue weighted by Crippen LogP contribution is -1.76. The van der Waals surface area contributed by atoms with E-state index in [4.69, 9.17) is 4.42 Å². The molecule has 0 spiro atoms. The summed E-state index contributed by atoms with van der Waals surface area (Å²) in [6.07, 6.45) is 2.65. The molecule has 0 aromatic carbocycles. The Balaban J connectivity index is 2.84. The number of oxazole rings is 1. The fourth-order valence-corrected chi connectivity index (χ4v) is 0.571. The standard InChI is InChI=1S/C6H9NO/c1-3-6-4-8-5(2)7-6/h4H,3H2,1-2H3. The van der Waals surface area contributed by atoms with Gasteiger partial charge in [-0.1, -0.05) is 6.92 Å². The molecule has 0 aliphatic rings. The van der Waals surface area contributed by atoms with E-state index in [1.54, 1.807) is 6.26 Å². The highest BCUT2D eigenvalue weighted by Gasteiger charge is 1.92. The van der Waals surface area contributed by atoms with E-state index in [0.717, 1.165) is 18.0 Å². The second kappa shape index (κ2) is 1.99. The van der Waals surface area contributed by atoms with E-state index in [0.29, 0.717) is 0 Å². The second-order valence-corrected chi connectivity index (χ2v) is 1.71. The zero-order chi connectivity index (χ0) is 5.98. The highest BCUT2D eigenvalue weighted by Crippen LogP contribution is 1.99. The van der Waals surface area contributed by atoms with Crippen LogP contribution in [0.15, 0.2) is 10.7 Å². The molecule has 0 atom stereocenters. The van der Waals surface area contributed by atoms with Gasteiger partial charge < -0.3 is 4.42 Å². The van der Waals surface area contributed by atoms with Gasteiger partial charge in [0.15, 0.2) is 5.89 Å². The van der Waals surface area contributed by atoms with Gasteiger partial charge in [-0.05, 0) is 6.42 Å². The van der Waals surface area contributed by atoms with Crippen LogP contribution >= 0.6 is 0 Å². The Bertz CT molecular complexity index is 169. The normalized spacial score (nSPS) is 9.75. The highest BCUT2D eigenvalue weighted by atomic mass is 16.3. The topological polar surface area (TPSA) is 26.0 Å². The molecule has 0 aliphatic carbocycles. The van der Waals surface area contributed by atoms with Crippen LogP contribution in [0.25, 0.3) is 0 Å². The first kappa shape index (κ1) is 5.35. The summed E-state index contributed by atoms with van der Waals surface area (Å²) in [7, 11) is 0. The largest absolute Gasteiger partial charge is 0.449 e. The summed E-state index contributed by atoms with van der Waals surface area (Å²) in [4.78, 5) is 4.06. The minimum atomic E-state index is 0.752.